The minimum absolute atomic E-state index is 0.713. The van der Waals surface area contributed by atoms with Crippen LogP contribution in [-0.2, 0) is 6.54 Å². The van der Waals surface area contributed by atoms with Crippen molar-refractivity contribution in [2.45, 2.75) is 13.5 Å². The number of anilines is 1. The predicted octanol–water partition coefficient (Wildman–Crippen LogP) is 3.75. The van der Waals surface area contributed by atoms with Gasteiger partial charge in [-0.05, 0) is 41.1 Å². The van der Waals surface area contributed by atoms with E-state index in [1.807, 2.05) is 31.3 Å². The Hall–Kier alpha value is -1.000. The molecule has 0 aliphatic carbocycles. The van der Waals surface area contributed by atoms with E-state index >= 15 is 0 Å². The molecule has 16 heavy (non-hydrogen) atoms. The SMILES string of the molecule is Cc1[nH]ncc1CNc1ccc(Cl)c(Br)c1. The summed E-state index contributed by atoms with van der Waals surface area (Å²) in [7, 11) is 0. The molecule has 0 bridgehead atoms. The number of hydrogen-bond acceptors (Lipinski definition) is 2. The standard InChI is InChI=1S/C11H11BrClN3/c1-7-8(6-15-16-7)5-14-9-2-3-11(13)10(12)4-9/h2-4,6,14H,5H2,1H3,(H,15,16). The van der Waals surface area contributed by atoms with Crippen molar-refractivity contribution >= 4 is 33.2 Å². The van der Waals surface area contributed by atoms with Crippen LogP contribution in [0.15, 0.2) is 28.9 Å². The van der Waals surface area contributed by atoms with Gasteiger partial charge in [0.05, 0.1) is 11.2 Å². The maximum absolute atomic E-state index is 5.92. The van der Waals surface area contributed by atoms with E-state index < -0.39 is 0 Å². The second kappa shape index (κ2) is 4.89. The Bertz CT molecular complexity index is 496. The monoisotopic (exact) mass is 299 g/mol. The molecule has 0 radical (unpaired) electrons. The fourth-order valence-electron chi connectivity index (χ4n) is 1.36. The Morgan fingerprint density at radius 3 is 2.94 bits per heavy atom. The van der Waals surface area contributed by atoms with Crippen LogP contribution in [0.4, 0.5) is 5.69 Å². The fourth-order valence-corrected chi connectivity index (χ4v) is 1.85. The van der Waals surface area contributed by atoms with Crippen LogP contribution in [0.5, 0.6) is 0 Å². The molecule has 0 atom stereocenters. The van der Waals surface area contributed by atoms with Gasteiger partial charge < -0.3 is 5.32 Å². The van der Waals surface area contributed by atoms with Gasteiger partial charge in [-0.3, -0.25) is 5.10 Å². The van der Waals surface area contributed by atoms with E-state index in [0.29, 0.717) is 5.02 Å². The zero-order chi connectivity index (χ0) is 11.5. The van der Waals surface area contributed by atoms with E-state index in [-0.39, 0.29) is 0 Å². The third-order valence-electron chi connectivity index (χ3n) is 2.34. The van der Waals surface area contributed by atoms with E-state index in [2.05, 4.69) is 31.4 Å². The summed E-state index contributed by atoms with van der Waals surface area (Å²) in [6, 6.07) is 5.76. The number of hydrogen-bond donors (Lipinski definition) is 2. The van der Waals surface area contributed by atoms with Crippen molar-refractivity contribution in [3.8, 4) is 0 Å². The zero-order valence-electron chi connectivity index (χ0n) is 8.72. The van der Waals surface area contributed by atoms with Gasteiger partial charge in [0.1, 0.15) is 0 Å². The Labute approximate surface area is 107 Å². The van der Waals surface area contributed by atoms with Crippen molar-refractivity contribution in [3.63, 3.8) is 0 Å². The van der Waals surface area contributed by atoms with Crippen molar-refractivity contribution in [1.29, 1.82) is 0 Å². The second-order valence-electron chi connectivity index (χ2n) is 3.50. The summed E-state index contributed by atoms with van der Waals surface area (Å²) in [5.74, 6) is 0. The van der Waals surface area contributed by atoms with Gasteiger partial charge in [0.25, 0.3) is 0 Å². The van der Waals surface area contributed by atoms with E-state index in [9.17, 15) is 0 Å². The summed E-state index contributed by atoms with van der Waals surface area (Å²) in [4.78, 5) is 0. The molecule has 0 aliphatic rings. The van der Waals surface area contributed by atoms with Crippen LogP contribution in [0.3, 0.4) is 0 Å². The van der Waals surface area contributed by atoms with E-state index in [1.54, 1.807) is 0 Å². The van der Waals surface area contributed by atoms with Crippen molar-refractivity contribution in [2.75, 3.05) is 5.32 Å². The van der Waals surface area contributed by atoms with E-state index in [4.69, 9.17) is 11.6 Å². The molecule has 3 nitrogen and oxygen atoms in total. The van der Waals surface area contributed by atoms with Gasteiger partial charge in [-0.2, -0.15) is 5.10 Å². The highest BCUT2D eigenvalue weighted by Gasteiger charge is 2.01. The number of H-pyrrole nitrogens is 1. The third-order valence-corrected chi connectivity index (χ3v) is 3.55. The molecule has 1 aromatic heterocycles. The van der Waals surface area contributed by atoms with Gasteiger partial charge in [0.15, 0.2) is 0 Å². The quantitative estimate of drug-likeness (QED) is 0.906. The van der Waals surface area contributed by atoms with Gasteiger partial charge in [-0.15, -0.1) is 0 Å². The molecule has 2 N–H and O–H groups in total. The van der Waals surface area contributed by atoms with Gasteiger partial charge in [0, 0.05) is 28.0 Å². The smallest absolute Gasteiger partial charge is 0.0549 e. The van der Waals surface area contributed by atoms with Gasteiger partial charge >= 0.3 is 0 Å². The van der Waals surface area contributed by atoms with Crippen LogP contribution in [0, 0.1) is 6.92 Å². The lowest BCUT2D eigenvalue weighted by Gasteiger charge is -2.06. The van der Waals surface area contributed by atoms with Gasteiger partial charge in [-0.25, -0.2) is 0 Å². The summed E-state index contributed by atoms with van der Waals surface area (Å²) in [5.41, 5.74) is 3.27. The first-order valence-corrected chi connectivity index (χ1v) is 6.01. The molecule has 1 aromatic carbocycles. The summed E-state index contributed by atoms with van der Waals surface area (Å²) in [6.07, 6.45) is 1.83. The molecule has 0 spiro atoms. The first kappa shape index (κ1) is 11.5. The number of benzene rings is 1. The molecular weight excluding hydrogens is 289 g/mol. The summed E-state index contributed by atoms with van der Waals surface area (Å²) in [6.45, 7) is 2.75. The highest BCUT2D eigenvalue weighted by Crippen LogP contribution is 2.25. The minimum Gasteiger partial charge on any atom is -0.381 e. The molecule has 84 valence electrons. The van der Waals surface area contributed by atoms with Crippen LogP contribution in [-0.4, -0.2) is 10.2 Å². The molecule has 0 aliphatic heterocycles. The molecule has 0 unspecified atom stereocenters. The summed E-state index contributed by atoms with van der Waals surface area (Å²) >= 11 is 9.30. The molecule has 0 fully saturated rings. The van der Waals surface area contributed by atoms with Crippen LogP contribution in [0.1, 0.15) is 11.3 Å². The number of rotatable bonds is 3. The normalized spacial score (nSPS) is 10.4. The van der Waals surface area contributed by atoms with Crippen LogP contribution in [0.2, 0.25) is 5.02 Å². The Balaban J connectivity index is 2.05. The van der Waals surface area contributed by atoms with Gasteiger partial charge in [-0.1, -0.05) is 11.6 Å². The largest absolute Gasteiger partial charge is 0.381 e. The van der Waals surface area contributed by atoms with Crippen LogP contribution < -0.4 is 5.32 Å². The Morgan fingerprint density at radius 2 is 2.31 bits per heavy atom. The number of aromatic nitrogens is 2. The topological polar surface area (TPSA) is 40.7 Å². The third kappa shape index (κ3) is 2.57. The molecule has 0 saturated heterocycles. The van der Waals surface area contributed by atoms with Crippen LogP contribution >= 0.6 is 27.5 Å². The number of nitrogens with one attached hydrogen (secondary N) is 2. The highest BCUT2D eigenvalue weighted by molar-refractivity contribution is 9.10. The molecule has 5 heteroatoms. The van der Waals surface area contributed by atoms with Crippen molar-refractivity contribution < 1.29 is 0 Å². The lowest BCUT2D eigenvalue weighted by Crippen LogP contribution is -1.99. The lowest BCUT2D eigenvalue weighted by atomic mass is 10.2. The minimum atomic E-state index is 0.713. The maximum Gasteiger partial charge on any atom is 0.0549 e. The van der Waals surface area contributed by atoms with Crippen molar-refractivity contribution in [3.05, 3.63) is 45.1 Å². The van der Waals surface area contributed by atoms with Crippen molar-refractivity contribution in [1.82, 2.24) is 10.2 Å². The number of aromatic amines is 1. The lowest BCUT2D eigenvalue weighted by molar-refractivity contribution is 1.04. The molecule has 1 heterocycles. The fraction of sp³-hybridized carbons (Fsp3) is 0.182. The first-order valence-electron chi connectivity index (χ1n) is 4.84. The average Bonchev–Trinajstić information content (AvgIpc) is 2.66. The number of nitrogens with zero attached hydrogens (tertiary/aromatic N) is 1. The van der Waals surface area contributed by atoms with Crippen LogP contribution in [0.25, 0.3) is 0 Å². The van der Waals surface area contributed by atoms with E-state index in [0.717, 1.165) is 28.0 Å². The average molecular weight is 301 g/mol. The highest BCUT2D eigenvalue weighted by atomic mass is 79.9. The molecule has 2 aromatic rings. The van der Waals surface area contributed by atoms with Crippen molar-refractivity contribution in [2.24, 2.45) is 0 Å². The number of halogens is 2. The predicted molar refractivity (Wildman–Crippen MR) is 69.8 cm³/mol. The first-order chi connectivity index (χ1) is 7.66. The molecule has 0 saturated carbocycles. The molecule has 2 rings (SSSR count). The second-order valence-corrected chi connectivity index (χ2v) is 4.76. The Kier molecular flexibility index (Phi) is 3.51. The molecular formula is C11H11BrClN3. The zero-order valence-corrected chi connectivity index (χ0v) is 11.1. The van der Waals surface area contributed by atoms with Gasteiger partial charge in [0.2, 0.25) is 0 Å². The summed E-state index contributed by atoms with van der Waals surface area (Å²) in [5, 5.41) is 10.9. The maximum atomic E-state index is 5.92. The Morgan fingerprint density at radius 1 is 1.50 bits per heavy atom. The summed E-state index contributed by atoms with van der Waals surface area (Å²) < 4.78 is 0.892. The molecule has 0 amide bonds. The number of aryl methyl sites for hydroxylation is 1. The van der Waals surface area contributed by atoms with E-state index in [1.165, 1.54) is 0 Å².